The van der Waals surface area contributed by atoms with Gasteiger partial charge in [0.25, 0.3) is 11.5 Å². The number of rotatable bonds is 5. The summed E-state index contributed by atoms with van der Waals surface area (Å²) >= 11 is 0. The number of aromatic nitrogens is 2. The van der Waals surface area contributed by atoms with Crippen molar-refractivity contribution in [1.82, 2.24) is 14.5 Å². The van der Waals surface area contributed by atoms with Crippen LogP contribution in [0, 0.1) is 0 Å². The van der Waals surface area contributed by atoms with Gasteiger partial charge in [0.15, 0.2) is 0 Å². The molecule has 0 unspecified atom stereocenters. The number of fused-ring (bicyclic) bond motifs is 1. The number of carbonyl (C=O) groups is 1. The second-order valence-corrected chi connectivity index (χ2v) is 8.79. The van der Waals surface area contributed by atoms with E-state index >= 15 is 0 Å². The number of hydrogen-bond acceptors (Lipinski definition) is 4. The molecule has 2 heterocycles. The Balaban J connectivity index is 1.86. The van der Waals surface area contributed by atoms with Crippen molar-refractivity contribution >= 4 is 16.8 Å². The monoisotopic (exact) mass is 549 g/mol. The van der Waals surface area contributed by atoms with Gasteiger partial charge >= 0.3 is 12.4 Å². The van der Waals surface area contributed by atoms with Gasteiger partial charge in [-0.2, -0.15) is 26.3 Å². The smallest absolute Gasteiger partial charge is 0.416 e. The van der Waals surface area contributed by atoms with Crippen molar-refractivity contribution in [2.45, 2.75) is 18.9 Å². The highest BCUT2D eigenvalue weighted by Gasteiger charge is 2.37. The second-order valence-electron chi connectivity index (χ2n) is 8.79. The quantitative estimate of drug-likeness (QED) is 0.290. The van der Waals surface area contributed by atoms with E-state index in [0.29, 0.717) is 34.4 Å². The van der Waals surface area contributed by atoms with Gasteiger partial charge in [0, 0.05) is 37.8 Å². The van der Waals surface area contributed by atoms with E-state index in [1.54, 1.807) is 36.4 Å². The van der Waals surface area contributed by atoms with Crippen LogP contribution in [0.1, 0.15) is 27.2 Å². The van der Waals surface area contributed by atoms with Gasteiger partial charge in [-0.05, 0) is 47.5 Å². The molecule has 0 aliphatic carbocycles. The number of methoxy groups -OCH3 is 1. The molecule has 4 rings (SSSR count). The van der Waals surface area contributed by atoms with Crippen LogP contribution in [0.15, 0.2) is 65.6 Å². The molecule has 0 radical (unpaired) electrons. The summed E-state index contributed by atoms with van der Waals surface area (Å²) in [5, 5.41) is 0.348. The third-order valence-corrected chi connectivity index (χ3v) is 6.15. The summed E-state index contributed by atoms with van der Waals surface area (Å²) in [7, 11) is 4.05. The molecule has 204 valence electrons. The average molecular weight is 549 g/mol. The highest BCUT2D eigenvalue weighted by Crippen LogP contribution is 2.37. The highest BCUT2D eigenvalue weighted by molar-refractivity contribution is 6.07. The summed E-state index contributed by atoms with van der Waals surface area (Å²) in [5.41, 5.74) is -3.16. The van der Waals surface area contributed by atoms with Gasteiger partial charge in [0.2, 0.25) is 0 Å². The van der Waals surface area contributed by atoms with E-state index in [2.05, 4.69) is 4.98 Å². The molecule has 4 aromatic rings. The maximum Gasteiger partial charge on any atom is 0.416 e. The van der Waals surface area contributed by atoms with Gasteiger partial charge in [0.1, 0.15) is 17.0 Å². The summed E-state index contributed by atoms with van der Waals surface area (Å²) < 4.78 is 86.3. The van der Waals surface area contributed by atoms with Crippen LogP contribution in [-0.2, 0) is 25.9 Å². The van der Waals surface area contributed by atoms with E-state index in [1.165, 1.54) is 27.4 Å². The summed E-state index contributed by atoms with van der Waals surface area (Å²) in [6.07, 6.45) is -8.65. The van der Waals surface area contributed by atoms with Gasteiger partial charge < -0.3 is 14.2 Å². The molecule has 12 heteroatoms. The molecular formula is C27H21F6N3O3. The van der Waals surface area contributed by atoms with E-state index in [0.717, 1.165) is 9.47 Å². The first kappa shape index (κ1) is 27.7. The highest BCUT2D eigenvalue weighted by atomic mass is 19.4. The number of alkyl halides is 6. The average Bonchev–Trinajstić information content (AvgIpc) is 2.89. The summed E-state index contributed by atoms with van der Waals surface area (Å²) in [6, 6.07) is 10.9. The third kappa shape index (κ3) is 5.45. The van der Waals surface area contributed by atoms with E-state index in [4.69, 9.17) is 4.74 Å². The largest absolute Gasteiger partial charge is 0.497 e. The Hall–Kier alpha value is -4.35. The molecule has 2 aromatic carbocycles. The van der Waals surface area contributed by atoms with Gasteiger partial charge in [-0.3, -0.25) is 14.6 Å². The number of pyridine rings is 2. The van der Waals surface area contributed by atoms with Crippen molar-refractivity contribution in [3.05, 3.63) is 93.5 Å². The van der Waals surface area contributed by atoms with E-state index < -0.39 is 41.5 Å². The topological polar surface area (TPSA) is 64.4 Å². The van der Waals surface area contributed by atoms with Crippen LogP contribution in [0.2, 0.25) is 0 Å². The second kappa shape index (κ2) is 10.1. The number of carbonyl (C=O) groups excluding carboxylic acids is 1. The van der Waals surface area contributed by atoms with Crippen molar-refractivity contribution in [3.63, 3.8) is 0 Å². The Bertz CT molecular complexity index is 1580. The number of amides is 1. The van der Waals surface area contributed by atoms with Crippen LogP contribution >= 0.6 is 0 Å². The Morgan fingerprint density at radius 3 is 2.10 bits per heavy atom. The normalized spacial score (nSPS) is 12.0. The molecule has 2 aromatic heterocycles. The van der Waals surface area contributed by atoms with Crippen molar-refractivity contribution in [2.24, 2.45) is 7.05 Å². The minimum atomic E-state index is -5.03. The van der Waals surface area contributed by atoms with E-state index in [1.807, 2.05) is 0 Å². The van der Waals surface area contributed by atoms with Gasteiger partial charge in [-0.25, -0.2) is 0 Å². The summed E-state index contributed by atoms with van der Waals surface area (Å²) in [6.45, 7) is -0.590. The van der Waals surface area contributed by atoms with Crippen molar-refractivity contribution in [2.75, 3.05) is 14.2 Å². The molecular weight excluding hydrogens is 528 g/mol. The first-order valence-electron chi connectivity index (χ1n) is 11.4. The maximum atomic E-state index is 13.7. The lowest BCUT2D eigenvalue weighted by molar-refractivity contribution is -0.143. The molecule has 0 fully saturated rings. The van der Waals surface area contributed by atoms with Gasteiger partial charge in [-0.1, -0.05) is 18.2 Å². The third-order valence-electron chi connectivity index (χ3n) is 6.15. The number of halogens is 6. The van der Waals surface area contributed by atoms with Crippen LogP contribution in [0.5, 0.6) is 5.75 Å². The van der Waals surface area contributed by atoms with Crippen LogP contribution in [0.3, 0.4) is 0 Å². The lowest BCUT2D eigenvalue weighted by Gasteiger charge is -2.23. The molecule has 39 heavy (non-hydrogen) atoms. The van der Waals surface area contributed by atoms with Crippen LogP contribution < -0.4 is 10.3 Å². The fourth-order valence-electron chi connectivity index (χ4n) is 4.27. The number of benzene rings is 2. The zero-order valence-corrected chi connectivity index (χ0v) is 20.8. The number of ether oxygens (including phenoxy) is 1. The molecule has 0 N–H and O–H groups in total. The molecule has 0 atom stereocenters. The fraction of sp³-hybridized carbons (Fsp3) is 0.222. The number of hydrogen-bond donors (Lipinski definition) is 0. The summed E-state index contributed by atoms with van der Waals surface area (Å²) in [5.74, 6) is -0.266. The van der Waals surface area contributed by atoms with Crippen LogP contribution in [0.4, 0.5) is 26.3 Å². The first-order valence-corrected chi connectivity index (χ1v) is 11.4. The van der Waals surface area contributed by atoms with Crippen molar-refractivity contribution < 1.29 is 35.9 Å². The molecule has 6 nitrogen and oxygen atoms in total. The molecule has 0 saturated heterocycles. The Labute approximate surface area is 218 Å². The van der Waals surface area contributed by atoms with Crippen LogP contribution in [0.25, 0.3) is 22.0 Å². The molecule has 0 aliphatic rings. The lowest BCUT2D eigenvalue weighted by atomic mass is 9.97. The van der Waals surface area contributed by atoms with Crippen molar-refractivity contribution in [3.8, 4) is 16.9 Å². The SMILES string of the molecule is COc1ccc(-c2c(C(=O)N(C)Cc3cc(C(F)(F)F)cc(C(F)(F)F)c3)n(C)c(=O)c3ncccc23)cc1. The Kier molecular flexibility index (Phi) is 7.15. The molecule has 0 saturated carbocycles. The van der Waals surface area contributed by atoms with Gasteiger partial charge in [0.05, 0.1) is 18.2 Å². The molecule has 0 aliphatic heterocycles. The zero-order valence-electron chi connectivity index (χ0n) is 20.8. The van der Waals surface area contributed by atoms with Crippen molar-refractivity contribution in [1.29, 1.82) is 0 Å². The molecule has 0 spiro atoms. The van der Waals surface area contributed by atoms with E-state index in [9.17, 15) is 35.9 Å². The Morgan fingerprint density at radius 2 is 1.56 bits per heavy atom. The Morgan fingerprint density at radius 1 is 0.974 bits per heavy atom. The predicted octanol–water partition coefficient (Wildman–Crippen LogP) is 5.92. The molecule has 1 amide bonds. The maximum absolute atomic E-state index is 13.7. The first-order chi connectivity index (χ1) is 18.2. The summed E-state index contributed by atoms with van der Waals surface area (Å²) in [4.78, 5) is 31.9. The standard InChI is InChI=1S/C27H21F6N3O3/c1-35(14-15-11-17(26(28,29)30)13-18(12-15)27(31,32)33)25(38)23-21(16-6-8-19(39-3)9-7-16)20-5-4-10-34-22(20)24(37)36(23)2/h4-13H,14H2,1-3H3. The fourth-order valence-corrected chi connectivity index (χ4v) is 4.27. The lowest BCUT2D eigenvalue weighted by Crippen LogP contribution is -2.33. The number of nitrogens with zero attached hydrogens (tertiary/aromatic N) is 3. The molecule has 0 bridgehead atoms. The minimum absolute atomic E-state index is 0.0210. The van der Waals surface area contributed by atoms with Crippen LogP contribution in [-0.4, -0.2) is 34.5 Å². The predicted molar refractivity (Wildman–Crippen MR) is 131 cm³/mol. The zero-order chi connectivity index (χ0) is 28.7. The van der Waals surface area contributed by atoms with E-state index in [-0.39, 0.29) is 22.8 Å². The van der Waals surface area contributed by atoms with Gasteiger partial charge in [-0.15, -0.1) is 0 Å². The minimum Gasteiger partial charge on any atom is -0.497 e.